The first-order valence-electron chi connectivity index (χ1n) is 6.52. The highest BCUT2D eigenvalue weighted by molar-refractivity contribution is 5.91. The van der Waals surface area contributed by atoms with Gasteiger partial charge in [-0.15, -0.1) is 0 Å². The molecule has 2 rings (SSSR count). The van der Waals surface area contributed by atoms with Gasteiger partial charge in [-0.2, -0.15) is 0 Å². The average Bonchev–Trinajstić information content (AvgIpc) is 3.04. The van der Waals surface area contributed by atoms with Gasteiger partial charge in [0.25, 0.3) is 5.91 Å². The molecule has 1 aromatic heterocycles. The van der Waals surface area contributed by atoms with Gasteiger partial charge in [-0.05, 0) is 31.4 Å². The Morgan fingerprint density at radius 1 is 1.32 bits per heavy atom. The quantitative estimate of drug-likeness (QED) is 0.665. The first kappa shape index (κ1) is 13.6. The van der Waals surface area contributed by atoms with Gasteiger partial charge in [0.1, 0.15) is 0 Å². The molecule has 0 aliphatic heterocycles. The summed E-state index contributed by atoms with van der Waals surface area (Å²) in [5.74, 6) is 0.0474. The number of furan rings is 1. The van der Waals surface area contributed by atoms with Crippen LogP contribution in [0.1, 0.15) is 29.8 Å². The van der Waals surface area contributed by atoms with Gasteiger partial charge >= 0.3 is 0 Å². The van der Waals surface area contributed by atoms with Gasteiger partial charge in [-0.3, -0.25) is 9.59 Å². The van der Waals surface area contributed by atoms with Crippen molar-refractivity contribution in [2.24, 2.45) is 11.7 Å². The lowest BCUT2D eigenvalue weighted by Crippen LogP contribution is -2.37. The molecular weight excluding hydrogens is 246 g/mol. The van der Waals surface area contributed by atoms with Crippen molar-refractivity contribution in [3.63, 3.8) is 0 Å². The molecule has 6 heteroatoms. The molecule has 2 amide bonds. The molecule has 1 aliphatic carbocycles. The maximum atomic E-state index is 11.8. The molecule has 1 aromatic rings. The number of rotatable bonds is 5. The van der Waals surface area contributed by atoms with Gasteiger partial charge in [0, 0.05) is 25.0 Å². The monoisotopic (exact) mass is 265 g/mol. The number of hydrogen-bond acceptors (Lipinski definition) is 4. The Morgan fingerprint density at radius 2 is 2.11 bits per heavy atom. The summed E-state index contributed by atoms with van der Waals surface area (Å²) in [6.07, 6.45) is 3.96. The maximum Gasteiger partial charge on any atom is 0.287 e. The van der Waals surface area contributed by atoms with Crippen molar-refractivity contribution in [1.29, 1.82) is 0 Å². The van der Waals surface area contributed by atoms with Gasteiger partial charge in [-0.25, -0.2) is 0 Å². The standard InChI is InChI=1S/C13H19N3O3/c14-10-4-3-9(8-10)12(17)15-5-6-16-13(18)11-2-1-7-19-11/h1-2,7,9-10H,3-6,8,14H2,(H,15,17)(H,16,18). The molecule has 6 nitrogen and oxygen atoms in total. The lowest BCUT2D eigenvalue weighted by Gasteiger charge is -2.10. The molecule has 1 aliphatic rings. The number of carbonyl (C=O) groups is 2. The normalized spacial score (nSPS) is 22.2. The highest BCUT2D eigenvalue weighted by atomic mass is 16.3. The van der Waals surface area contributed by atoms with E-state index in [-0.39, 0.29) is 29.5 Å². The molecule has 19 heavy (non-hydrogen) atoms. The maximum absolute atomic E-state index is 11.8. The van der Waals surface area contributed by atoms with Crippen LogP contribution < -0.4 is 16.4 Å². The molecule has 4 N–H and O–H groups in total. The Hall–Kier alpha value is -1.82. The Bertz CT molecular complexity index is 430. The van der Waals surface area contributed by atoms with Gasteiger partial charge in [-0.1, -0.05) is 0 Å². The molecule has 0 aromatic carbocycles. The van der Waals surface area contributed by atoms with E-state index in [0.717, 1.165) is 19.3 Å². The fourth-order valence-electron chi connectivity index (χ4n) is 2.26. The van der Waals surface area contributed by atoms with E-state index in [4.69, 9.17) is 10.2 Å². The molecular formula is C13H19N3O3. The van der Waals surface area contributed by atoms with Gasteiger partial charge in [0.15, 0.2) is 5.76 Å². The Kier molecular flexibility index (Phi) is 4.57. The van der Waals surface area contributed by atoms with Crippen molar-refractivity contribution in [1.82, 2.24) is 10.6 Å². The number of nitrogens with two attached hydrogens (primary N) is 1. The Labute approximate surface area is 111 Å². The highest BCUT2D eigenvalue weighted by Gasteiger charge is 2.27. The zero-order chi connectivity index (χ0) is 13.7. The van der Waals surface area contributed by atoms with Crippen LogP contribution in [0.4, 0.5) is 0 Å². The van der Waals surface area contributed by atoms with Crippen LogP contribution >= 0.6 is 0 Å². The van der Waals surface area contributed by atoms with E-state index in [9.17, 15) is 9.59 Å². The van der Waals surface area contributed by atoms with Gasteiger partial charge in [0.2, 0.25) is 5.91 Å². The van der Waals surface area contributed by atoms with Crippen LogP contribution in [0.25, 0.3) is 0 Å². The molecule has 0 bridgehead atoms. The van der Waals surface area contributed by atoms with Crippen molar-refractivity contribution in [3.05, 3.63) is 24.2 Å². The van der Waals surface area contributed by atoms with E-state index < -0.39 is 0 Å². The predicted molar refractivity (Wildman–Crippen MR) is 69.4 cm³/mol. The summed E-state index contributed by atoms with van der Waals surface area (Å²) in [7, 11) is 0. The van der Waals surface area contributed by atoms with E-state index in [1.54, 1.807) is 12.1 Å². The topological polar surface area (TPSA) is 97.4 Å². The summed E-state index contributed by atoms with van der Waals surface area (Å²) in [5.41, 5.74) is 5.76. The Balaban J connectivity index is 1.62. The van der Waals surface area contributed by atoms with E-state index >= 15 is 0 Å². The van der Waals surface area contributed by atoms with Crippen LogP contribution in [0.15, 0.2) is 22.8 Å². The minimum absolute atomic E-state index is 0.0239. The fourth-order valence-corrected chi connectivity index (χ4v) is 2.26. The molecule has 0 spiro atoms. The first-order valence-corrected chi connectivity index (χ1v) is 6.52. The largest absolute Gasteiger partial charge is 0.459 e. The number of hydrogen-bond donors (Lipinski definition) is 3. The summed E-state index contributed by atoms with van der Waals surface area (Å²) < 4.78 is 4.95. The molecule has 2 atom stereocenters. The number of carbonyl (C=O) groups excluding carboxylic acids is 2. The average molecular weight is 265 g/mol. The van der Waals surface area contributed by atoms with E-state index in [1.165, 1.54) is 6.26 Å². The lowest BCUT2D eigenvalue weighted by molar-refractivity contribution is -0.124. The predicted octanol–water partition coefficient (Wildman–Crippen LogP) is 0.253. The molecule has 1 heterocycles. The Morgan fingerprint density at radius 3 is 2.74 bits per heavy atom. The van der Waals surface area contributed by atoms with E-state index in [1.807, 2.05) is 0 Å². The molecule has 104 valence electrons. The van der Waals surface area contributed by atoms with Gasteiger partial charge in [0.05, 0.1) is 6.26 Å². The van der Waals surface area contributed by atoms with Crippen LogP contribution in [0.5, 0.6) is 0 Å². The minimum atomic E-state index is -0.276. The molecule has 0 radical (unpaired) electrons. The second-order valence-electron chi connectivity index (χ2n) is 4.79. The summed E-state index contributed by atoms with van der Waals surface area (Å²) in [4.78, 5) is 23.3. The second-order valence-corrected chi connectivity index (χ2v) is 4.79. The molecule has 1 saturated carbocycles. The smallest absolute Gasteiger partial charge is 0.287 e. The first-order chi connectivity index (χ1) is 9.16. The van der Waals surface area contributed by atoms with Crippen LogP contribution in [-0.4, -0.2) is 30.9 Å². The third-order valence-electron chi connectivity index (χ3n) is 3.30. The van der Waals surface area contributed by atoms with Crippen LogP contribution in [-0.2, 0) is 4.79 Å². The SMILES string of the molecule is NC1CCC(C(=O)NCCNC(=O)c2ccco2)C1. The zero-order valence-electron chi connectivity index (χ0n) is 10.7. The highest BCUT2D eigenvalue weighted by Crippen LogP contribution is 2.23. The van der Waals surface area contributed by atoms with Crippen molar-refractivity contribution in [3.8, 4) is 0 Å². The second kappa shape index (κ2) is 6.38. The number of amides is 2. The number of nitrogens with one attached hydrogen (secondary N) is 2. The molecule has 1 fully saturated rings. The van der Waals surface area contributed by atoms with Crippen LogP contribution in [0.3, 0.4) is 0 Å². The van der Waals surface area contributed by atoms with Crippen LogP contribution in [0.2, 0.25) is 0 Å². The molecule has 0 saturated heterocycles. The molecule has 2 unspecified atom stereocenters. The van der Waals surface area contributed by atoms with Crippen molar-refractivity contribution in [2.75, 3.05) is 13.1 Å². The fraction of sp³-hybridized carbons (Fsp3) is 0.538. The zero-order valence-corrected chi connectivity index (χ0v) is 10.7. The summed E-state index contributed by atoms with van der Waals surface area (Å²) in [6, 6.07) is 3.39. The third kappa shape index (κ3) is 3.82. The van der Waals surface area contributed by atoms with Crippen molar-refractivity contribution >= 4 is 11.8 Å². The van der Waals surface area contributed by atoms with E-state index in [0.29, 0.717) is 13.1 Å². The summed E-state index contributed by atoms with van der Waals surface area (Å²) in [6.45, 7) is 0.793. The summed E-state index contributed by atoms with van der Waals surface area (Å²) >= 11 is 0. The summed E-state index contributed by atoms with van der Waals surface area (Å²) in [5, 5.41) is 5.47. The van der Waals surface area contributed by atoms with Crippen molar-refractivity contribution in [2.45, 2.75) is 25.3 Å². The lowest BCUT2D eigenvalue weighted by atomic mass is 10.1. The third-order valence-corrected chi connectivity index (χ3v) is 3.30. The van der Waals surface area contributed by atoms with E-state index in [2.05, 4.69) is 10.6 Å². The van der Waals surface area contributed by atoms with Crippen LogP contribution in [0, 0.1) is 5.92 Å². The minimum Gasteiger partial charge on any atom is -0.459 e. The van der Waals surface area contributed by atoms with Gasteiger partial charge < -0.3 is 20.8 Å². The van der Waals surface area contributed by atoms with Crippen molar-refractivity contribution < 1.29 is 14.0 Å².